The molecule has 8 rings (SSSR count). The van der Waals surface area contributed by atoms with Crippen molar-refractivity contribution >= 4 is 34.3 Å². The Kier molecular flexibility index (Phi) is 5.91. The largest absolute Gasteiger partial charge is 0.457 e. The topological polar surface area (TPSA) is 25.4 Å². The van der Waals surface area contributed by atoms with Gasteiger partial charge >= 0.3 is 0 Å². The molecule has 2 bridgehead atoms. The highest BCUT2D eigenvalue weighted by Gasteiger charge is 2.59. The SMILES string of the molecule is [2H]C([2H])([2H])[N@+]12[CH-][N@+](c3cccc(Oc4cccc(N(c5ccccc5)c5cc(C(C)(C)C)ccn5)c4)c3)(C1)c1cc(C(C)(C)C)ccc12. The average molecular weight is 599 g/mol. The first-order valence-corrected chi connectivity index (χ1v) is 15.6. The predicted octanol–water partition coefficient (Wildman–Crippen LogP) is 10.6. The molecule has 0 radical (unpaired) electrons. The van der Waals surface area contributed by atoms with Crippen LogP contribution in [-0.4, -0.2) is 18.6 Å². The molecule has 45 heavy (non-hydrogen) atoms. The maximum atomic E-state index is 8.46. The molecule has 5 aromatic rings. The van der Waals surface area contributed by atoms with Gasteiger partial charge in [-0.25, -0.2) is 4.98 Å². The lowest BCUT2D eigenvalue weighted by molar-refractivity contribution is 0.157. The highest BCUT2D eigenvalue weighted by molar-refractivity contribution is 5.84. The molecule has 2 atom stereocenters. The fourth-order valence-electron chi connectivity index (χ4n) is 6.49. The van der Waals surface area contributed by atoms with Crippen LogP contribution in [-0.2, 0) is 10.8 Å². The molecule has 3 aliphatic heterocycles. The number of hydrogen-bond acceptors (Lipinski definition) is 3. The van der Waals surface area contributed by atoms with Crippen LogP contribution < -0.4 is 18.6 Å². The second kappa shape index (κ2) is 10.3. The number of pyridine rings is 1. The summed E-state index contributed by atoms with van der Waals surface area (Å²) in [4.78, 5) is 6.93. The lowest BCUT2D eigenvalue weighted by Crippen LogP contribution is -2.68. The summed E-state index contributed by atoms with van der Waals surface area (Å²) in [5, 5.41) is 0. The molecule has 1 aromatic heterocycles. The van der Waals surface area contributed by atoms with Gasteiger partial charge in [-0.15, -0.1) is 0 Å². The number of para-hydroxylation sites is 1. The third kappa shape index (κ3) is 5.10. The van der Waals surface area contributed by atoms with Crippen LogP contribution in [0.15, 0.2) is 115 Å². The number of nitrogens with zero attached hydrogens (tertiary/aromatic N) is 4. The molecule has 4 heterocycles. The Balaban J connectivity index is 1.24. The summed E-state index contributed by atoms with van der Waals surface area (Å²) in [5.74, 6) is 2.20. The van der Waals surface area contributed by atoms with Crippen LogP contribution in [0, 0.1) is 6.67 Å². The van der Waals surface area contributed by atoms with Gasteiger partial charge in [0.1, 0.15) is 23.0 Å². The van der Waals surface area contributed by atoms with Crippen LogP contribution >= 0.6 is 0 Å². The highest BCUT2D eigenvalue weighted by Crippen LogP contribution is 2.61. The second-order valence-corrected chi connectivity index (χ2v) is 14.4. The van der Waals surface area contributed by atoms with E-state index in [9.17, 15) is 0 Å². The van der Waals surface area contributed by atoms with Crippen molar-refractivity contribution in [2.75, 3.05) is 18.5 Å². The molecule has 0 amide bonds. The Bertz CT molecular complexity index is 1990. The van der Waals surface area contributed by atoms with E-state index in [1.54, 1.807) is 0 Å². The van der Waals surface area contributed by atoms with E-state index in [4.69, 9.17) is 13.8 Å². The lowest BCUT2D eigenvalue weighted by Gasteiger charge is -2.54. The Morgan fingerprint density at radius 3 is 2.09 bits per heavy atom. The third-order valence-electron chi connectivity index (χ3n) is 8.99. The number of benzene rings is 4. The van der Waals surface area contributed by atoms with E-state index in [1.807, 2.05) is 73.5 Å². The first-order valence-electron chi connectivity index (χ1n) is 17.1. The fraction of sp³-hybridized carbons (Fsp3) is 0.250. The number of quaternary nitrogens is 2. The molecule has 0 aliphatic carbocycles. The average Bonchev–Trinajstić information content (AvgIpc) is 3.48. The van der Waals surface area contributed by atoms with Gasteiger partial charge in [0.2, 0.25) is 0 Å². The van der Waals surface area contributed by atoms with E-state index >= 15 is 0 Å². The van der Waals surface area contributed by atoms with E-state index in [-0.39, 0.29) is 15.3 Å². The van der Waals surface area contributed by atoms with Gasteiger partial charge in [0.15, 0.2) is 18.0 Å². The van der Waals surface area contributed by atoms with E-state index in [1.165, 1.54) is 11.1 Å². The van der Waals surface area contributed by atoms with Gasteiger partial charge in [0, 0.05) is 36.1 Å². The quantitative estimate of drug-likeness (QED) is 0.144. The monoisotopic (exact) mass is 598 g/mol. The molecule has 5 heteroatoms. The number of aromatic nitrogens is 1. The van der Waals surface area contributed by atoms with Crippen LogP contribution in [0.3, 0.4) is 0 Å². The van der Waals surface area contributed by atoms with Crippen molar-refractivity contribution in [3.8, 4) is 11.5 Å². The zero-order chi connectivity index (χ0) is 34.1. The van der Waals surface area contributed by atoms with Crippen LogP contribution in [0.5, 0.6) is 11.5 Å². The molecule has 1 saturated heterocycles. The van der Waals surface area contributed by atoms with Gasteiger partial charge < -0.3 is 9.22 Å². The zero-order valence-electron chi connectivity index (χ0n) is 30.0. The van der Waals surface area contributed by atoms with Crippen molar-refractivity contribution in [1.29, 1.82) is 0 Å². The van der Waals surface area contributed by atoms with Crippen molar-refractivity contribution in [3.05, 3.63) is 133 Å². The van der Waals surface area contributed by atoms with Gasteiger partial charge in [0.25, 0.3) is 0 Å². The fourth-order valence-corrected chi connectivity index (χ4v) is 6.49. The summed E-state index contributed by atoms with van der Waals surface area (Å²) >= 11 is 0. The van der Waals surface area contributed by atoms with Crippen LogP contribution in [0.1, 0.15) is 56.8 Å². The third-order valence-corrected chi connectivity index (χ3v) is 8.99. The van der Waals surface area contributed by atoms with Gasteiger partial charge in [-0.3, -0.25) is 9.38 Å². The molecule has 4 aromatic carbocycles. The van der Waals surface area contributed by atoms with Gasteiger partial charge in [0.05, 0.1) is 23.4 Å². The van der Waals surface area contributed by atoms with Gasteiger partial charge in [-0.05, 0) is 70.5 Å². The second-order valence-electron chi connectivity index (χ2n) is 14.4. The zero-order valence-corrected chi connectivity index (χ0v) is 27.0. The maximum absolute atomic E-state index is 8.46. The van der Waals surface area contributed by atoms with Crippen molar-refractivity contribution in [2.24, 2.45) is 0 Å². The number of anilines is 3. The van der Waals surface area contributed by atoms with Gasteiger partial charge in [-0.2, -0.15) is 0 Å². The Morgan fingerprint density at radius 1 is 0.711 bits per heavy atom. The van der Waals surface area contributed by atoms with Gasteiger partial charge in [-0.1, -0.05) is 77.9 Å². The molecule has 1 fully saturated rings. The molecule has 0 spiro atoms. The smallest absolute Gasteiger partial charge is 0.181 e. The standard InChI is InChI=1S/C40H43N4O/c1-39(2,3)29-19-20-36-37(23-29)44(27-43(36,7)28-44)33-16-12-18-35(26-33)45-34-17-11-15-32(25-34)42(31-13-9-8-10-14-31)38-24-30(21-22-41-38)40(4,5)6/h8-27H,28H2,1-7H3/q+1/t43-,44+/m0/s1/i7D3. The van der Waals surface area contributed by atoms with Crippen molar-refractivity contribution in [3.63, 3.8) is 0 Å². The molecule has 5 nitrogen and oxygen atoms in total. The highest BCUT2D eigenvalue weighted by atomic mass is 16.5. The molecule has 0 N–H and O–H groups in total. The molecule has 0 saturated carbocycles. The van der Waals surface area contributed by atoms with Crippen molar-refractivity contribution < 1.29 is 8.85 Å². The van der Waals surface area contributed by atoms with Crippen molar-refractivity contribution in [2.45, 2.75) is 52.4 Å². The lowest BCUT2D eigenvalue weighted by atomic mass is 9.86. The van der Waals surface area contributed by atoms with Crippen LogP contribution in [0.2, 0.25) is 0 Å². The summed E-state index contributed by atoms with van der Waals surface area (Å²) in [6, 6.07) is 36.8. The van der Waals surface area contributed by atoms with E-state index < -0.39 is 6.98 Å². The minimum Gasteiger partial charge on any atom is -0.457 e. The normalized spacial score (nSPS) is 21.6. The summed E-state index contributed by atoms with van der Waals surface area (Å²) in [7, 11) is 0. The molecule has 3 aliphatic rings. The first kappa shape index (κ1) is 25.8. The molecule has 0 unspecified atom stereocenters. The number of ether oxygens (including phenoxy) is 1. The minimum absolute atomic E-state index is 0.0257. The number of hydrogen-bond donors (Lipinski definition) is 0. The summed E-state index contributed by atoms with van der Waals surface area (Å²) in [5.41, 5.74) is 7.04. The Labute approximate surface area is 272 Å². The van der Waals surface area contributed by atoms with Crippen molar-refractivity contribution in [1.82, 2.24) is 14.0 Å². The maximum Gasteiger partial charge on any atom is 0.181 e. The van der Waals surface area contributed by atoms with Crippen LogP contribution in [0.25, 0.3) is 0 Å². The summed E-state index contributed by atoms with van der Waals surface area (Å²) < 4.78 is 32.2. The minimum atomic E-state index is -2.20. The van der Waals surface area contributed by atoms with E-state index in [0.717, 1.165) is 34.3 Å². The van der Waals surface area contributed by atoms with E-state index in [0.29, 0.717) is 22.7 Å². The molecular weight excluding hydrogens is 552 g/mol. The first-order chi connectivity index (χ1) is 22.6. The van der Waals surface area contributed by atoms with Crippen LogP contribution in [0.4, 0.5) is 34.3 Å². The molecule has 228 valence electrons. The molecular formula is C40H43N4O+. The van der Waals surface area contributed by atoms with E-state index in [2.05, 4.69) is 95.0 Å². The number of rotatable bonds is 6. The Morgan fingerprint density at radius 2 is 1.38 bits per heavy atom. The summed E-state index contributed by atoms with van der Waals surface area (Å²) in [6.45, 7) is 13.3. The predicted molar refractivity (Wildman–Crippen MR) is 188 cm³/mol. The Hall–Kier alpha value is -4.45. The summed E-state index contributed by atoms with van der Waals surface area (Å²) in [6.07, 6.45) is 1.87.